The first-order valence-electron chi connectivity index (χ1n) is 14.1. The number of amidine groups is 1. The van der Waals surface area contributed by atoms with E-state index in [1.54, 1.807) is 55.6 Å². The quantitative estimate of drug-likeness (QED) is 0.211. The topological polar surface area (TPSA) is 80.2 Å². The number of alkyl halides is 3. The zero-order chi connectivity index (χ0) is 30.8. The van der Waals surface area contributed by atoms with Crippen molar-refractivity contribution in [3.8, 4) is 11.5 Å². The van der Waals surface area contributed by atoms with Gasteiger partial charge in [-0.05, 0) is 66.6 Å². The van der Waals surface area contributed by atoms with Gasteiger partial charge in [0.05, 0.1) is 31.5 Å². The number of thioether (sulfide) groups is 1. The Morgan fingerprint density at radius 1 is 1.02 bits per heavy atom. The van der Waals surface area contributed by atoms with Crippen LogP contribution in [0.2, 0.25) is 0 Å². The molecule has 7 nitrogen and oxygen atoms in total. The minimum absolute atomic E-state index is 0.0243. The van der Waals surface area contributed by atoms with Crippen molar-refractivity contribution >= 4 is 40.1 Å². The van der Waals surface area contributed by atoms with E-state index in [9.17, 15) is 22.8 Å². The fourth-order valence-electron chi connectivity index (χ4n) is 4.35. The summed E-state index contributed by atoms with van der Waals surface area (Å²) in [6.07, 6.45) is -0.252. The second-order valence-corrected chi connectivity index (χ2v) is 11.2. The van der Waals surface area contributed by atoms with E-state index in [1.165, 1.54) is 23.5 Å². The number of carbonyl (C=O) groups excluding carboxylic acids is 2. The molecule has 1 heterocycles. The number of hydrogen-bond donors (Lipinski definition) is 1. The monoisotopic (exact) mass is 613 g/mol. The lowest BCUT2D eigenvalue weighted by molar-refractivity contribution is -0.137. The van der Waals surface area contributed by atoms with Crippen LogP contribution in [0.15, 0.2) is 77.8 Å². The summed E-state index contributed by atoms with van der Waals surface area (Å²) in [5, 5.41) is 2.13. The second-order valence-electron chi connectivity index (χ2n) is 10.0. The third kappa shape index (κ3) is 9.25. The number of anilines is 1. The Bertz CT molecular complexity index is 1410. The minimum atomic E-state index is -4.55. The van der Waals surface area contributed by atoms with Crippen LogP contribution in [0.3, 0.4) is 0 Å². The highest BCUT2D eigenvalue weighted by Gasteiger charge is 2.36. The maximum Gasteiger partial charge on any atom is 0.416 e. The number of nitrogens with one attached hydrogen (secondary N) is 1. The van der Waals surface area contributed by atoms with Crippen LogP contribution in [0, 0.1) is 0 Å². The molecule has 11 heteroatoms. The predicted octanol–water partition coefficient (Wildman–Crippen LogP) is 7.83. The van der Waals surface area contributed by atoms with E-state index >= 15 is 0 Å². The second kappa shape index (κ2) is 15.0. The molecule has 1 atom stereocenters. The van der Waals surface area contributed by atoms with Crippen molar-refractivity contribution < 1.29 is 32.2 Å². The number of halogens is 3. The van der Waals surface area contributed by atoms with Crippen molar-refractivity contribution in [2.24, 2.45) is 4.99 Å². The number of ether oxygens (including phenoxy) is 2. The summed E-state index contributed by atoms with van der Waals surface area (Å²) < 4.78 is 51.0. The molecule has 3 aromatic rings. The molecule has 1 fully saturated rings. The van der Waals surface area contributed by atoms with E-state index in [-0.39, 0.29) is 29.7 Å². The molecule has 0 saturated carbocycles. The molecule has 4 rings (SSSR count). The zero-order valence-corrected chi connectivity index (χ0v) is 24.8. The maximum atomic E-state index is 13.4. The summed E-state index contributed by atoms with van der Waals surface area (Å²) in [4.78, 5) is 32.4. The number of aliphatic imine (C=N–C) groups is 1. The van der Waals surface area contributed by atoms with E-state index in [4.69, 9.17) is 9.47 Å². The Morgan fingerprint density at radius 3 is 2.42 bits per heavy atom. The van der Waals surface area contributed by atoms with Crippen LogP contribution < -0.4 is 14.8 Å². The molecule has 0 aliphatic carbocycles. The third-order valence-corrected chi connectivity index (χ3v) is 7.91. The van der Waals surface area contributed by atoms with E-state index in [0.717, 1.165) is 48.7 Å². The number of rotatable bonds is 12. The SMILES string of the molecule is CCCCCCOc1ccc(NC(=O)C2CC(=O)N(Cc3ccc(OC)cc3)C(=Nc3cccc(C(F)(F)F)c3)S2)cc1. The Balaban J connectivity index is 1.50. The number of hydrogen-bond acceptors (Lipinski definition) is 6. The zero-order valence-electron chi connectivity index (χ0n) is 24.0. The number of amides is 2. The standard InChI is InChI=1S/C32H34F3N3O4S/c1-3-4-5-6-18-42-27-16-12-24(13-17-27)36-30(40)28-20-29(39)38(21-22-10-14-26(41-2)15-11-22)31(43-28)37-25-9-7-8-23(19-25)32(33,34)35/h7-17,19,28H,3-6,18,20-21H2,1-2H3,(H,36,40). The molecule has 1 unspecified atom stereocenters. The smallest absolute Gasteiger partial charge is 0.416 e. The summed E-state index contributed by atoms with van der Waals surface area (Å²) in [7, 11) is 1.54. The average molecular weight is 614 g/mol. The van der Waals surface area contributed by atoms with Crippen LogP contribution in [0.4, 0.5) is 24.5 Å². The highest BCUT2D eigenvalue weighted by Crippen LogP contribution is 2.34. The van der Waals surface area contributed by atoms with Gasteiger partial charge in [-0.1, -0.05) is 56.1 Å². The van der Waals surface area contributed by atoms with E-state index < -0.39 is 22.9 Å². The van der Waals surface area contributed by atoms with Crippen molar-refractivity contribution in [2.45, 2.75) is 57.0 Å². The number of carbonyl (C=O) groups is 2. The molecule has 1 aliphatic rings. The van der Waals surface area contributed by atoms with Gasteiger partial charge in [0, 0.05) is 12.1 Å². The van der Waals surface area contributed by atoms with E-state index in [0.29, 0.717) is 23.8 Å². The average Bonchev–Trinajstić information content (AvgIpc) is 2.99. The van der Waals surface area contributed by atoms with Gasteiger partial charge in [0.15, 0.2) is 5.17 Å². The molecule has 0 bridgehead atoms. The fourth-order valence-corrected chi connectivity index (χ4v) is 5.45. The van der Waals surface area contributed by atoms with Gasteiger partial charge in [0.1, 0.15) is 16.7 Å². The van der Waals surface area contributed by atoms with Gasteiger partial charge in [-0.15, -0.1) is 0 Å². The third-order valence-electron chi connectivity index (χ3n) is 6.72. The van der Waals surface area contributed by atoms with Crippen LogP contribution >= 0.6 is 11.8 Å². The molecule has 0 spiro atoms. The fraction of sp³-hybridized carbons (Fsp3) is 0.344. The van der Waals surface area contributed by atoms with Crippen molar-refractivity contribution in [3.05, 3.63) is 83.9 Å². The summed E-state index contributed by atoms with van der Waals surface area (Å²) >= 11 is 1.04. The molecule has 2 amide bonds. The van der Waals surface area contributed by atoms with Gasteiger partial charge in [0.2, 0.25) is 11.8 Å². The Kier molecular flexibility index (Phi) is 11.1. The first-order chi connectivity index (χ1) is 20.7. The van der Waals surface area contributed by atoms with Crippen molar-refractivity contribution in [1.29, 1.82) is 0 Å². The van der Waals surface area contributed by atoms with E-state index in [2.05, 4.69) is 17.2 Å². The number of benzene rings is 3. The van der Waals surface area contributed by atoms with Crippen LogP contribution in [-0.4, -0.2) is 40.8 Å². The summed E-state index contributed by atoms with van der Waals surface area (Å²) in [5.74, 6) is 0.561. The normalized spacial score (nSPS) is 16.3. The van der Waals surface area contributed by atoms with Crippen molar-refractivity contribution in [2.75, 3.05) is 19.0 Å². The summed E-state index contributed by atoms with van der Waals surface area (Å²) in [6, 6.07) is 18.6. The molecule has 43 heavy (non-hydrogen) atoms. The predicted molar refractivity (Wildman–Crippen MR) is 163 cm³/mol. The highest BCUT2D eigenvalue weighted by atomic mass is 32.2. The molecule has 1 saturated heterocycles. The van der Waals surface area contributed by atoms with Gasteiger partial charge in [-0.2, -0.15) is 13.2 Å². The van der Waals surface area contributed by atoms with Gasteiger partial charge >= 0.3 is 6.18 Å². The van der Waals surface area contributed by atoms with Gasteiger partial charge in [-0.25, -0.2) is 4.99 Å². The molecule has 1 aliphatic heterocycles. The lowest BCUT2D eigenvalue weighted by atomic mass is 10.2. The van der Waals surface area contributed by atoms with Crippen LogP contribution in [-0.2, 0) is 22.3 Å². The first kappa shape index (κ1) is 31.9. The van der Waals surface area contributed by atoms with Crippen LogP contribution in [0.25, 0.3) is 0 Å². The molecule has 228 valence electrons. The Hall–Kier alpha value is -3.99. The summed E-state index contributed by atoms with van der Waals surface area (Å²) in [5.41, 5.74) is 0.470. The van der Waals surface area contributed by atoms with Crippen molar-refractivity contribution in [3.63, 3.8) is 0 Å². The molecule has 3 aromatic carbocycles. The first-order valence-corrected chi connectivity index (χ1v) is 14.9. The van der Waals surface area contributed by atoms with Gasteiger partial charge in [0.25, 0.3) is 0 Å². The molecule has 0 radical (unpaired) electrons. The van der Waals surface area contributed by atoms with Crippen LogP contribution in [0.1, 0.15) is 50.2 Å². The Labute approximate surface area is 253 Å². The molecular formula is C32H34F3N3O4S. The molecule has 1 N–H and O–H groups in total. The van der Waals surface area contributed by atoms with E-state index in [1.807, 2.05) is 0 Å². The number of nitrogens with zero attached hydrogens (tertiary/aromatic N) is 2. The van der Waals surface area contributed by atoms with Crippen LogP contribution in [0.5, 0.6) is 11.5 Å². The van der Waals surface area contributed by atoms with Gasteiger partial charge < -0.3 is 14.8 Å². The number of unbranched alkanes of at least 4 members (excludes halogenated alkanes) is 3. The largest absolute Gasteiger partial charge is 0.497 e. The Morgan fingerprint density at radius 2 is 1.74 bits per heavy atom. The highest BCUT2D eigenvalue weighted by molar-refractivity contribution is 8.15. The lowest BCUT2D eigenvalue weighted by Gasteiger charge is -2.32. The van der Waals surface area contributed by atoms with Gasteiger partial charge in [-0.3, -0.25) is 14.5 Å². The molecule has 0 aromatic heterocycles. The summed E-state index contributed by atoms with van der Waals surface area (Å²) in [6.45, 7) is 2.90. The minimum Gasteiger partial charge on any atom is -0.497 e. The lowest BCUT2D eigenvalue weighted by Crippen LogP contribution is -2.44. The maximum absolute atomic E-state index is 13.4. The van der Waals surface area contributed by atoms with Crippen molar-refractivity contribution in [1.82, 2.24) is 4.90 Å². The molecular weight excluding hydrogens is 579 g/mol. The number of methoxy groups -OCH3 is 1.